The van der Waals surface area contributed by atoms with Gasteiger partial charge in [-0.25, -0.2) is 4.79 Å². The molecule has 1 N–H and O–H groups in total. The molecule has 1 aliphatic heterocycles. The molecular weight excluding hydrogens is 308 g/mol. The Balaban J connectivity index is 1.53. The third-order valence-electron chi connectivity index (χ3n) is 3.97. The molecule has 0 unspecified atom stereocenters. The normalized spacial score (nSPS) is 17.5. The van der Waals surface area contributed by atoms with Gasteiger partial charge < -0.3 is 14.8 Å². The third-order valence-corrected chi connectivity index (χ3v) is 3.97. The maximum Gasteiger partial charge on any atom is 0.407 e. The van der Waals surface area contributed by atoms with E-state index in [0.717, 1.165) is 42.7 Å². The van der Waals surface area contributed by atoms with Crippen LogP contribution in [0.4, 0.5) is 4.79 Å². The van der Waals surface area contributed by atoms with Crippen molar-refractivity contribution in [2.45, 2.75) is 31.9 Å². The summed E-state index contributed by atoms with van der Waals surface area (Å²) in [6.07, 6.45) is 8.11. The minimum absolute atomic E-state index is 0.0221. The van der Waals surface area contributed by atoms with Crippen molar-refractivity contribution in [2.75, 3.05) is 13.2 Å². The molecule has 3 rings (SSSR count). The quantitative estimate of drug-likeness (QED) is 0.910. The van der Waals surface area contributed by atoms with Crippen LogP contribution in [-0.4, -0.2) is 40.2 Å². The Bertz CT molecular complexity index is 680. The van der Waals surface area contributed by atoms with E-state index in [1.807, 2.05) is 25.4 Å². The van der Waals surface area contributed by atoms with Crippen molar-refractivity contribution in [3.05, 3.63) is 36.3 Å². The highest BCUT2D eigenvalue weighted by Crippen LogP contribution is 2.20. The zero-order valence-electron chi connectivity index (χ0n) is 13.8. The summed E-state index contributed by atoms with van der Waals surface area (Å²) in [4.78, 5) is 16.3. The van der Waals surface area contributed by atoms with E-state index < -0.39 is 6.09 Å². The SMILES string of the molecule is Cn1cc(-c2ncccc2CNC(=O)OC[C@@H]2CCCCO2)cn1. The van der Waals surface area contributed by atoms with Crippen LogP contribution in [0.2, 0.25) is 0 Å². The lowest BCUT2D eigenvalue weighted by Crippen LogP contribution is -2.30. The van der Waals surface area contributed by atoms with E-state index in [1.54, 1.807) is 17.1 Å². The van der Waals surface area contributed by atoms with E-state index in [1.165, 1.54) is 0 Å². The van der Waals surface area contributed by atoms with Gasteiger partial charge in [-0.15, -0.1) is 0 Å². The van der Waals surface area contributed by atoms with E-state index in [-0.39, 0.29) is 6.10 Å². The molecule has 1 aliphatic rings. The number of aryl methyl sites for hydroxylation is 1. The molecule has 0 saturated carbocycles. The van der Waals surface area contributed by atoms with E-state index in [9.17, 15) is 4.79 Å². The van der Waals surface area contributed by atoms with Gasteiger partial charge in [0.05, 0.1) is 18.0 Å². The summed E-state index contributed by atoms with van der Waals surface area (Å²) in [5, 5.41) is 6.93. The second kappa shape index (κ2) is 7.92. The number of carbonyl (C=O) groups is 1. The van der Waals surface area contributed by atoms with Crippen molar-refractivity contribution < 1.29 is 14.3 Å². The molecular formula is C17H22N4O3. The molecule has 0 bridgehead atoms. The Labute approximate surface area is 141 Å². The molecule has 1 saturated heterocycles. The lowest BCUT2D eigenvalue weighted by molar-refractivity contribution is -0.0223. The topological polar surface area (TPSA) is 78.3 Å². The average molecular weight is 330 g/mol. The van der Waals surface area contributed by atoms with E-state index >= 15 is 0 Å². The number of nitrogens with one attached hydrogen (secondary N) is 1. The van der Waals surface area contributed by atoms with Gasteiger partial charge in [0.2, 0.25) is 0 Å². The number of ether oxygens (including phenoxy) is 2. The van der Waals surface area contributed by atoms with Crippen molar-refractivity contribution >= 4 is 6.09 Å². The monoisotopic (exact) mass is 330 g/mol. The fourth-order valence-electron chi connectivity index (χ4n) is 2.71. The molecule has 0 aromatic carbocycles. The average Bonchev–Trinajstić information content (AvgIpc) is 3.05. The molecule has 1 amide bonds. The number of amides is 1. The maximum absolute atomic E-state index is 11.9. The molecule has 1 atom stereocenters. The van der Waals surface area contributed by atoms with E-state index in [2.05, 4.69) is 15.4 Å². The minimum atomic E-state index is -0.440. The highest BCUT2D eigenvalue weighted by molar-refractivity contribution is 5.68. The zero-order valence-corrected chi connectivity index (χ0v) is 13.8. The first-order chi connectivity index (χ1) is 11.7. The largest absolute Gasteiger partial charge is 0.447 e. The molecule has 128 valence electrons. The summed E-state index contributed by atoms with van der Waals surface area (Å²) in [6.45, 7) is 1.40. The van der Waals surface area contributed by atoms with E-state index in [4.69, 9.17) is 9.47 Å². The summed E-state index contributed by atoms with van der Waals surface area (Å²) >= 11 is 0. The second-order valence-corrected chi connectivity index (χ2v) is 5.85. The molecule has 3 heterocycles. The number of hydrogen-bond donors (Lipinski definition) is 1. The highest BCUT2D eigenvalue weighted by Gasteiger charge is 2.16. The molecule has 7 nitrogen and oxygen atoms in total. The standard InChI is InChI=1S/C17H22N4O3/c1-21-11-14(10-20-21)16-13(5-4-7-18-16)9-19-17(22)24-12-15-6-2-3-8-23-15/h4-5,7,10-11,15H,2-3,6,8-9,12H2,1H3,(H,19,22)/t15-/m0/s1. The number of nitrogens with zero attached hydrogens (tertiary/aromatic N) is 3. The number of alkyl carbamates (subject to hydrolysis) is 1. The van der Waals surface area contributed by atoms with Crippen LogP contribution in [0.5, 0.6) is 0 Å². The van der Waals surface area contributed by atoms with Crippen LogP contribution in [0, 0.1) is 0 Å². The Morgan fingerprint density at radius 2 is 2.42 bits per heavy atom. The summed E-state index contributed by atoms with van der Waals surface area (Å²) in [6, 6.07) is 3.78. The summed E-state index contributed by atoms with van der Waals surface area (Å²) in [5.74, 6) is 0. The maximum atomic E-state index is 11.9. The zero-order chi connectivity index (χ0) is 16.8. The molecule has 0 radical (unpaired) electrons. The third kappa shape index (κ3) is 4.32. The van der Waals surface area contributed by atoms with Crippen LogP contribution in [0.1, 0.15) is 24.8 Å². The summed E-state index contributed by atoms with van der Waals surface area (Å²) in [5.41, 5.74) is 2.64. The van der Waals surface area contributed by atoms with Gasteiger partial charge in [-0.1, -0.05) is 6.07 Å². The van der Waals surface area contributed by atoms with Gasteiger partial charge in [-0.05, 0) is 30.9 Å². The molecule has 7 heteroatoms. The number of hydrogen-bond acceptors (Lipinski definition) is 5. The van der Waals surface area contributed by atoms with Crippen LogP contribution in [0.15, 0.2) is 30.7 Å². The predicted molar refractivity (Wildman–Crippen MR) is 88.2 cm³/mol. The van der Waals surface area contributed by atoms with Gasteiger partial charge in [-0.2, -0.15) is 5.10 Å². The second-order valence-electron chi connectivity index (χ2n) is 5.85. The van der Waals surface area contributed by atoms with Crippen LogP contribution in [0.3, 0.4) is 0 Å². The fraction of sp³-hybridized carbons (Fsp3) is 0.471. The van der Waals surface area contributed by atoms with Gasteiger partial charge in [-0.3, -0.25) is 9.67 Å². The van der Waals surface area contributed by atoms with Gasteiger partial charge >= 0.3 is 6.09 Å². The van der Waals surface area contributed by atoms with Crippen molar-refractivity contribution in [2.24, 2.45) is 7.05 Å². The Morgan fingerprint density at radius 3 is 3.17 bits per heavy atom. The fourth-order valence-corrected chi connectivity index (χ4v) is 2.71. The molecule has 0 spiro atoms. The van der Waals surface area contributed by atoms with Crippen molar-refractivity contribution in [3.63, 3.8) is 0 Å². The first kappa shape index (κ1) is 16.4. The van der Waals surface area contributed by atoms with Gasteiger partial charge in [0.25, 0.3) is 0 Å². The Hall–Kier alpha value is -2.41. The molecule has 0 aliphatic carbocycles. The molecule has 1 fully saturated rings. The summed E-state index contributed by atoms with van der Waals surface area (Å²) < 4.78 is 12.5. The summed E-state index contributed by atoms with van der Waals surface area (Å²) in [7, 11) is 1.86. The van der Waals surface area contributed by atoms with Crippen LogP contribution < -0.4 is 5.32 Å². The molecule has 2 aromatic rings. The number of rotatable bonds is 5. The van der Waals surface area contributed by atoms with Gasteiger partial charge in [0.15, 0.2) is 0 Å². The Morgan fingerprint density at radius 1 is 1.50 bits per heavy atom. The lowest BCUT2D eigenvalue weighted by atomic mass is 10.1. The lowest BCUT2D eigenvalue weighted by Gasteiger charge is -2.22. The van der Waals surface area contributed by atoms with Crippen molar-refractivity contribution in [1.82, 2.24) is 20.1 Å². The number of pyridine rings is 1. The van der Waals surface area contributed by atoms with E-state index in [0.29, 0.717) is 13.2 Å². The first-order valence-electron chi connectivity index (χ1n) is 8.17. The van der Waals surface area contributed by atoms with Crippen LogP contribution >= 0.6 is 0 Å². The van der Waals surface area contributed by atoms with Gasteiger partial charge in [0, 0.05) is 38.2 Å². The van der Waals surface area contributed by atoms with Crippen molar-refractivity contribution in [1.29, 1.82) is 0 Å². The smallest absolute Gasteiger partial charge is 0.407 e. The minimum Gasteiger partial charge on any atom is -0.447 e. The predicted octanol–water partition coefficient (Wildman–Crippen LogP) is 2.28. The van der Waals surface area contributed by atoms with Gasteiger partial charge in [0.1, 0.15) is 6.61 Å². The Kier molecular flexibility index (Phi) is 5.43. The van der Waals surface area contributed by atoms with Crippen molar-refractivity contribution in [3.8, 4) is 11.3 Å². The number of aromatic nitrogens is 3. The first-order valence-corrected chi connectivity index (χ1v) is 8.17. The van der Waals surface area contributed by atoms with Crippen LogP contribution in [0.25, 0.3) is 11.3 Å². The molecule has 24 heavy (non-hydrogen) atoms. The van der Waals surface area contributed by atoms with Crippen LogP contribution in [-0.2, 0) is 23.1 Å². The number of carbonyl (C=O) groups excluding carboxylic acids is 1. The highest BCUT2D eigenvalue weighted by atomic mass is 16.6. The molecule has 2 aromatic heterocycles.